The summed E-state index contributed by atoms with van der Waals surface area (Å²) in [6.45, 7) is 0.856. The fourth-order valence-electron chi connectivity index (χ4n) is 1.84. The number of nitrogens with one attached hydrogen (secondary N) is 2. The Morgan fingerprint density at radius 3 is 2.74 bits per heavy atom. The zero-order chi connectivity index (χ0) is 14.4. The van der Waals surface area contributed by atoms with Gasteiger partial charge in [-0.25, -0.2) is 0 Å². The molecule has 0 radical (unpaired) electrons. The van der Waals surface area contributed by atoms with Crippen LogP contribution in [-0.4, -0.2) is 74.9 Å². The van der Waals surface area contributed by atoms with Crippen LogP contribution in [0.25, 0.3) is 0 Å². The van der Waals surface area contributed by atoms with Gasteiger partial charge in [-0.1, -0.05) is 0 Å². The standard InChI is InChI=1S/C12H23N5O2/c1-13-12(14-7-11(19)16(2)3)15-9-5-6-10(18)17(4)8-9/h9H,5-8H2,1-4H3,(H2,13,14,15). The fraction of sp³-hybridized carbons (Fsp3) is 0.750. The van der Waals surface area contributed by atoms with Gasteiger partial charge < -0.3 is 20.4 Å². The highest BCUT2D eigenvalue weighted by molar-refractivity contribution is 5.86. The highest BCUT2D eigenvalue weighted by atomic mass is 16.2. The third kappa shape index (κ3) is 4.76. The highest BCUT2D eigenvalue weighted by Crippen LogP contribution is 2.09. The van der Waals surface area contributed by atoms with Gasteiger partial charge in [0.1, 0.15) is 0 Å². The SMILES string of the molecule is CN=C(NCC(=O)N(C)C)NC1CCC(=O)N(C)C1. The summed E-state index contributed by atoms with van der Waals surface area (Å²) in [6.07, 6.45) is 1.33. The number of likely N-dealkylation sites (tertiary alicyclic amines) is 1. The third-order valence-corrected chi connectivity index (χ3v) is 3.10. The van der Waals surface area contributed by atoms with Crippen molar-refractivity contribution in [2.45, 2.75) is 18.9 Å². The largest absolute Gasteiger partial charge is 0.352 e. The summed E-state index contributed by atoms with van der Waals surface area (Å²) in [6, 6.07) is 0.170. The van der Waals surface area contributed by atoms with Crippen molar-refractivity contribution in [2.75, 3.05) is 41.3 Å². The monoisotopic (exact) mass is 269 g/mol. The molecular formula is C12H23N5O2. The molecule has 2 N–H and O–H groups in total. The lowest BCUT2D eigenvalue weighted by atomic mass is 10.1. The van der Waals surface area contributed by atoms with E-state index in [9.17, 15) is 9.59 Å². The lowest BCUT2D eigenvalue weighted by molar-refractivity contribution is -0.132. The van der Waals surface area contributed by atoms with Crippen LogP contribution in [0.15, 0.2) is 4.99 Å². The molecule has 1 aliphatic heterocycles. The Bertz CT molecular complexity index is 367. The number of piperidine rings is 1. The smallest absolute Gasteiger partial charge is 0.241 e. The first-order valence-corrected chi connectivity index (χ1v) is 6.35. The molecule has 1 atom stereocenters. The van der Waals surface area contributed by atoms with Crippen molar-refractivity contribution >= 4 is 17.8 Å². The predicted molar refractivity (Wildman–Crippen MR) is 73.9 cm³/mol. The minimum absolute atomic E-state index is 0.0149. The molecule has 7 heteroatoms. The molecule has 108 valence electrons. The van der Waals surface area contributed by atoms with Crippen LogP contribution in [0.4, 0.5) is 0 Å². The topological polar surface area (TPSA) is 77.0 Å². The first-order valence-electron chi connectivity index (χ1n) is 6.35. The Balaban J connectivity index is 2.41. The maximum atomic E-state index is 11.5. The molecule has 1 heterocycles. The van der Waals surface area contributed by atoms with Gasteiger partial charge in [0.05, 0.1) is 6.54 Å². The summed E-state index contributed by atoms with van der Waals surface area (Å²) in [5.41, 5.74) is 0. The van der Waals surface area contributed by atoms with Crippen molar-refractivity contribution in [1.82, 2.24) is 20.4 Å². The van der Waals surface area contributed by atoms with Crippen LogP contribution in [0.3, 0.4) is 0 Å². The van der Waals surface area contributed by atoms with Crippen LogP contribution in [0, 0.1) is 0 Å². The van der Waals surface area contributed by atoms with Gasteiger partial charge in [-0.15, -0.1) is 0 Å². The van der Waals surface area contributed by atoms with Gasteiger partial charge in [-0.3, -0.25) is 14.6 Å². The van der Waals surface area contributed by atoms with Crippen molar-refractivity contribution in [3.05, 3.63) is 0 Å². The number of rotatable bonds is 3. The Hall–Kier alpha value is -1.79. The fourth-order valence-corrected chi connectivity index (χ4v) is 1.84. The molecule has 0 aliphatic carbocycles. The van der Waals surface area contributed by atoms with Crippen molar-refractivity contribution in [2.24, 2.45) is 4.99 Å². The molecule has 0 aromatic carbocycles. The third-order valence-electron chi connectivity index (χ3n) is 3.10. The Kier molecular flexibility index (Phi) is 5.59. The second-order valence-electron chi connectivity index (χ2n) is 4.87. The van der Waals surface area contributed by atoms with E-state index in [1.165, 1.54) is 4.90 Å². The van der Waals surface area contributed by atoms with Crippen LogP contribution < -0.4 is 10.6 Å². The summed E-state index contributed by atoms with van der Waals surface area (Å²) in [5, 5.41) is 6.19. The maximum absolute atomic E-state index is 11.5. The molecule has 7 nitrogen and oxygen atoms in total. The average molecular weight is 269 g/mol. The molecule has 1 fully saturated rings. The summed E-state index contributed by atoms with van der Waals surface area (Å²) in [4.78, 5) is 30.2. The average Bonchev–Trinajstić information content (AvgIpc) is 2.38. The first kappa shape index (κ1) is 15.3. The first-order chi connectivity index (χ1) is 8.93. The molecular weight excluding hydrogens is 246 g/mol. The van der Waals surface area contributed by atoms with Crippen LogP contribution >= 0.6 is 0 Å². The molecule has 1 aliphatic rings. The molecule has 1 unspecified atom stereocenters. The number of carbonyl (C=O) groups is 2. The second kappa shape index (κ2) is 6.96. The van der Waals surface area contributed by atoms with Crippen molar-refractivity contribution < 1.29 is 9.59 Å². The Labute approximate surface area is 114 Å². The number of nitrogens with zero attached hydrogens (tertiary/aromatic N) is 3. The molecule has 0 aromatic rings. The molecule has 19 heavy (non-hydrogen) atoms. The zero-order valence-corrected chi connectivity index (χ0v) is 12.1. The van der Waals surface area contributed by atoms with E-state index in [1.807, 2.05) is 0 Å². The van der Waals surface area contributed by atoms with Gasteiger partial charge in [-0.2, -0.15) is 0 Å². The molecule has 0 aromatic heterocycles. The summed E-state index contributed by atoms with van der Waals surface area (Å²) in [5.74, 6) is 0.741. The van der Waals surface area contributed by atoms with E-state index in [-0.39, 0.29) is 24.4 Å². The number of hydrogen-bond donors (Lipinski definition) is 2. The molecule has 2 amide bonds. The zero-order valence-electron chi connectivity index (χ0n) is 12.1. The molecule has 0 bridgehead atoms. The number of likely N-dealkylation sites (N-methyl/N-ethyl adjacent to an activating group) is 2. The Morgan fingerprint density at radius 2 is 2.21 bits per heavy atom. The van der Waals surface area contributed by atoms with Gasteiger partial charge in [-0.05, 0) is 6.42 Å². The quantitative estimate of drug-likeness (QED) is 0.501. The summed E-state index contributed by atoms with van der Waals surface area (Å²) < 4.78 is 0. The summed E-state index contributed by atoms with van der Waals surface area (Å²) in [7, 11) is 6.87. The van der Waals surface area contributed by atoms with E-state index in [1.54, 1.807) is 33.1 Å². The maximum Gasteiger partial charge on any atom is 0.241 e. The van der Waals surface area contributed by atoms with Crippen LogP contribution in [0.2, 0.25) is 0 Å². The van der Waals surface area contributed by atoms with Gasteiger partial charge >= 0.3 is 0 Å². The van der Waals surface area contributed by atoms with Crippen LogP contribution in [-0.2, 0) is 9.59 Å². The molecule has 1 rings (SSSR count). The highest BCUT2D eigenvalue weighted by Gasteiger charge is 2.23. The van der Waals surface area contributed by atoms with E-state index >= 15 is 0 Å². The number of guanidine groups is 1. The van der Waals surface area contributed by atoms with Gasteiger partial charge in [0.15, 0.2) is 5.96 Å². The lowest BCUT2D eigenvalue weighted by Gasteiger charge is -2.31. The summed E-state index contributed by atoms with van der Waals surface area (Å²) >= 11 is 0. The van der Waals surface area contributed by atoms with E-state index in [0.29, 0.717) is 18.9 Å². The van der Waals surface area contributed by atoms with Crippen LogP contribution in [0.1, 0.15) is 12.8 Å². The lowest BCUT2D eigenvalue weighted by Crippen LogP contribution is -2.52. The normalized spacial score (nSPS) is 20.2. The van der Waals surface area contributed by atoms with E-state index in [0.717, 1.165) is 6.42 Å². The minimum atomic E-state index is -0.0149. The van der Waals surface area contributed by atoms with Crippen molar-refractivity contribution in [3.63, 3.8) is 0 Å². The number of hydrogen-bond acceptors (Lipinski definition) is 3. The Morgan fingerprint density at radius 1 is 1.53 bits per heavy atom. The van der Waals surface area contributed by atoms with E-state index < -0.39 is 0 Å². The van der Waals surface area contributed by atoms with Gasteiger partial charge in [0.2, 0.25) is 11.8 Å². The number of aliphatic imine (C=N–C) groups is 1. The number of carbonyl (C=O) groups excluding carboxylic acids is 2. The molecule has 0 spiro atoms. The molecule has 0 saturated carbocycles. The van der Waals surface area contributed by atoms with Crippen LogP contribution in [0.5, 0.6) is 0 Å². The van der Waals surface area contributed by atoms with E-state index in [2.05, 4.69) is 15.6 Å². The van der Waals surface area contributed by atoms with E-state index in [4.69, 9.17) is 0 Å². The second-order valence-corrected chi connectivity index (χ2v) is 4.87. The van der Waals surface area contributed by atoms with Crippen molar-refractivity contribution in [3.8, 4) is 0 Å². The van der Waals surface area contributed by atoms with Crippen molar-refractivity contribution in [1.29, 1.82) is 0 Å². The minimum Gasteiger partial charge on any atom is -0.352 e. The van der Waals surface area contributed by atoms with Gasteiger partial charge in [0.25, 0.3) is 0 Å². The molecule has 1 saturated heterocycles. The number of amides is 2. The predicted octanol–water partition coefficient (Wildman–Crippen LogP) is -1.14. The van der Waals surface area contributed by atoms with Gasteiger partial charge in [0, 0.05) is 47.2 Å².